The number of aromatic nitrogens is 2. The molecule has 0 atom stereocenters. The van der Waals surface area contributed by atoms with E-state index in [1.165, 1.54) is 11.1 Å². The predicted octanol–water partition coefficient (Wildman–Crippen LogP) is 6.23. The minimum Gasteiger partial charge on any atom is -0.354 e. The second-order valence-corrected chi connectivity index (χ2v) is 11.2. The maximum Gasteiger partial charge on any atom is 0.251 e. The van der Waals surface area contributed by atoms with E-state index in [2.05, 4.69) is 68.7 Å². The molecule has 41 heavy (non-hydrogen) atoms. The van der Waals surface area contributed by atoms with Crippen molar-refractivity contribution in [1.82, 2.24) is 20.2 Å². The molecule has 1 amide bonds. The molecule has 0 unspecified atom stereocenters. The van der Waals surface area contributed by atoms with Crippen LogP contribution in [0.15, 0.2) is 102 Å². The van der Waals surface area contributed by atoms with E-state index in [0.29, 0.717) is 28.2 Å². The van der Waals surface area contributed by atoms with E-state index < -0.39 is 0 Å². The number of halogens is 1. The Labute approximate surface area is 251 Å². The number of anilines is 1. The van der Waals surface area contributed by atoms with Gasteiger partial charge in [-0.25, -0.2) is 9.97 Å². The van der Waals surface area contributed by atoms with Gasteiger partial charge < -0.3 is 10.2 Å². The number of thioether (sulfide) groups is 1. The molecule has 1 aromatic heterocycles. The quantitative estimate of drug-likeness (QED) is 0.128. The minimum atomic E-state index is -0.0599. The van der Waals surface area contributed by atoms with Crippen LogP contribution in [0.1, 0.15) is 27.0 Å². The average Bonchev–Trinajstić information content (AvgIpc) is 3.01. The Bertz CT molecular complexity index is 1430. The number of hydrogen-bond acceptors (Lipinski definition) is 6. The molecule has 210 valence electrons. The fraction of sp³-hybridized carbons (Fsp3) is 0.242. The first kappa shape index (κ1) is 28.9. The van der Waals surface area contributed by atoms with Crippen LogP contribution in [0.2, 0.25) is 5.15 Å². The first-order chi connectivity index (χ1) is 20.1. The van der Waals surface area contributed by atoms with Crippen molar-refractivity contribution in [2.75, 3.05) is 44.2 Å². The van der Waals surface area contributed by atoms with Gasteiger partial charge in [0.05, 0.1) is 0 Å². The first-order valence-electron chi connectivity index (χ1n) is 13.9. The number of hydrogen-bond donors (Lipinski definition) is 1. The molecule has 0 saturated carbocycles. The fourth-order valence-corrected chi connectivity index (χ4v) is 5.68. The molecule has 1 N–H and O–H groups in total. The number of carbonyl (C=O) groups excluding carboxylic acids is 1. The van der Waals surface area contributed by atoms with Crippen molar-refractivity contribution in [3.05, 3.63) is 124 Å². The second kappa shape index (κ2) is 14.8. The van der Waals surface area contributed by atoms with Gasteiger partial charge in [0.25, 0.3) is 5.91 Å². The van der Waals surface area contributed by atoms with E-state index in [9.17, 15) is 4.79 Å². The number of piperazine rings is 1. The third kappa shape index (κ3) is 8.92. The average molecular weight is 584 g/mol. The van der Waals surface area contributed by atoms with Gasteiger partial charge in [-0.05, 0) is 35.2 Å². The SMILES string of the molecule is O=C(NCCc1ccccc1)c1ccc(CSc2nc(Cl)cc(N3CCN(C/C=C/c4ccccc4)CC3)n2)cc1. The lowest BCUT2D eigenvalue weighted by Gasteiger charge is -2.35. The fourth-order valence-electron chi connectivity index (χ4n) is 4.64. The zero-order chi connectivity index (χ0) is 28.3. The highest BCUT2D eigenvalue weighted by Gasteiger charge is 2.19. The molecule has 1 aliphatic rings. The molecule has 4 aromatic rings. The molecule has 1 saturated heterocycles. The lowest BCUT2D eigenvalue weighted by molar-refractivity contribution is 0.0954. The van der Waals surface area contributed by atoms with Gasteiger partial charge in [-0.1, -0.05) is 108 Å². The summed E-state index contributed by atoms with van der Waals surface area (Å²) < 4.78 is 0. The zero-order valence-corrected chi connectivity index (χ0v) is 24.5. The molecule has 0 bridgehead atoms. The summed E-state index contributed by atoms with van der Waals surface area (Å²) in [4.78, 5) is 26.5. The number of nitrogens with zero attached hydrogens (tertiary/aromatic N) is 4. The topological polar surface area (TPSA) is 61.4 Å². The summed E-state index contributed by atoms with van der Waals surface area (Å²) in [5.41, 5.74) is 4.18. The highest BCUT2D eigenvalue weighted by Crippen LogP contribution is 2.25. The molecule has 3 aromatic carbocycles. The van der Waals surface area contributed by atoms with Gasteiger partial charge in [0.2, 0.25) is 0 Å². The van der Waals surface area contributed by atoms with E-state index in [0.717, 1.165) is 50.5 Å². The molecule has 1 aliphatic heterocycles. The van der Waals surface area contributed by atoms with Crippen LogP contribution in [0.25, 0.3) is 6.08 Å². The third-order valence-electron chi connectivity index (χ3n) is 6.96. The molecule has 0 spiro atoms. The van der Waals surface area contributed by atoms with E-state index in [4.69, 9.17) is 16.6 Å². The first-order valence-corrected chi connectivity index (χ1v) is 15.3. The van der Waals surface area contributed by atoms with Crippen LogP contribution in [-0.2, 0) is 12.2 Å². The maximum atomic E-state index is 12.5. The second-order valence-electron chi connectivity index (χ2n) is 9.91. The van der Waals surface area contributed by atoms with Gasteiger partial charge in [-0.3, -0.25) is 9.69 Å². The Morgan fingerprint density at radius 2 is 1.59 bits per heavy atom. The molecule has 8 heteroatoms. The van der Waals surface area contributed by atoms with Crippen molar-refractivity contribution >= 4 is 41.2 Å². The lowest BCUT2D eigenvalue weighted by atomic mass is 10.1. The van der Waals surface area contributed by atoms with Crippen LogP contribution in [-0.4, -0.2) is 60.0 Å². The number of amides is 1. The minimum absolute atomic E-state index is 0.0599. The van der Waals surface area contributed by atoms with Crippen LogP contribution >= 0.6 is 23.4 Å². The van der Waals surface area contributed by atoms with Gasteiger partial charge in [-0.15, -0.1) is 0 Å². The maximum absolute atomic E-state index is 12.5. The summed E-state index contributed by atoms with van der Waals surface area (Å²) in [7, 11) is 0. The van der Waals surface area contributed by atoms with Gasteiger partial charge in [0.15, 0.2) is 5.16 Å². The molecule has 1 fully saturated rings. The summed E-state index contributed by atoms with van der Waals surface area (Å²) in [5, 5.41) is 4.11. The summed E-state index contributed by atoms with van der Waals surface area (Å²) in [6, 6.07) is 30.1. The molecule has 0 aliphatic carbocycles. The molecule has 2 heterocycles. The highest BCUT2D eigenvalue weighted by molar-refractivity contribution is 7.98. The monoisotopic (exact) mass is 583 g/mol. The largest absolute Gasteiger partial charge is 0.354 e. The number of rotatable bonds is 11. The van der Waals surface area contributed by atoms with Crippen molar-refractivity contribution in [3.63, 3.8) is 0 Å². The van der Waals surface area contributed by atoms with Crippen molar-refractivity contribution in [2.45, 2.75) is 17.3 Å². The number of benzene rings is 3. The Morgan fingerprint density at radius 3 is 2.32 bits per heavy atom. The van der Waals surface area contributed by atoms with E-state index in [1.807, 2.05) is 54.6 Å². The van der Waals surface area contributed by atoms with Crippen molar-refractivity contribution in [2.24, 2.45) is 0 Å². The van der Waals surface area contributed by atoms with E-state index >= 15 is 0 Å². The number of carbonyl (C=O) groups is 1. The molecule has 5 rings (SSSR count). The Morgan fingerprint density at radius 1 is 0.878 bits per heavy atom. The number of nitrogens with one attached hydrogen (secondary N) is 1. The smallest absolute Gasteiger partial charge is 0.251 e. The standard InChI is InChI=1S/C33H34ClN5OS/c34-30-24-31(39-22-20-38(21-23-39)19-7-12-26-8-3-1-4-9-26)37-33(36-30)41-25-28-13-15-29(16-14-28)32(40)35-18-17-27-10-5-2-6-11-27/h1-16,24H,17-23,25H2,(H,35,40)/b12-7+. The van der Waals surface area contributed by atoms with Crippen LogP contribution in [0.5, 0.6) is 0 Å². The normalized spacial score (nSPS) is 13.9. The Balaban J connectivity index is 1.08. The van der Waals surface area contributed by atoms with Crippen LogP contribution in [0.4, 0.5) is 5.82 Å². The van der Waals surface area contributed by atoms with Crippen LogP contribution < -0.4 is 10.2 Å². The summed E-state index contributed by atoms with van der Waals surface area (Å²) in [5.74, 6) is 1.50. The Kier molecular flexibility index (Phi) is 10.4. The highest BCUT2D eigenvalue weighted by atomic mass is 35.5. The van der Waals surface area contributed by atoms with Gasteiger partial charge in [0.1, 0.15) is 11.0 Å². The van der Waals surface area contributed by atoms with Crippen LogP contribution in [0.3, 0.4) is 0 Å². The van der Waals surface area contributed by atoms with Crippen molar-refractivity contribution < 1.29 is 4.79 Å². The lowest BCUT2D eigenvalue weighted by Crippen LogP contribution is -2.46. The zero-order valence-electron chi connectivity index (χ0n) is 23.0. The van der Waals surface area contributed by atoms with Gasteiger partial charge in [0, 0.05) is 56.7 Å². The van der Waals surface area contributed by atoms with Crippen molar-refractivity contribution in [3.8, 4) is 0 Å². The molecule has 6 nitrogen and oxygen atoms in total. The molecular formula is C33H34ClN5OS. The summed E-state index contributed by atoms with van der Waals surface area (Å²) >= 11 is 7.94. The van der Waals surface area contributed by atoms with E-state index in [1.54, 1.807) is 11.8 Å². The van der Waals surface area contributed by atoms with Gasteiger partial charge in [-0.2, -0.15) is 0 Å². The van der Waals surface area contributed by atoms with Crippen molar-refractivity contribution in [1.29, 1.82) is 0 Å². The predicted molar refractivity (Wildman–Crippen MR) is 170 cm³/mol. The molecule has 0 radical (unpaired) electrons. The van der Waals surface area contributed by atoms with E-state index in [-0.39, 0.29) is 5.91 Å². The third-order valence-corrected chi connectivity index (χ3v) is 8.07. The summed E-state index contributed by atoms with van der Waals surface area (Å²) in [6.07, 6.45) is 5.21. The van der Waals surface area contributed by atoms with Crippen LogP contribution in [0, 0.1) is 0 Å². The summed E-state index contributed by atoms with van der Waals surface area (Å²) in [6.45, 7) is 5.26. The molecular weight excluding hydrogens is 550 g/mol. The Hall–Kier alpha value is -3.65. The van der Waals surface area contributed by atoms with Gasteiger partial charge >= 0.3 is 0 Å².